The number of amides is 2. The summed E-state index contributed by atoms with van der Waals surface area (Å²) < 4.78 is 1.85. The van der Waals surface area contributed by atoms with Crippen LogP contribution in [0.1, 0.15) is 67.5 Å². The number of rotatable bonds is 5. The fraction of sp³-hybridized carbons (Fsp3) is 0.579. The summed E-state index contributed by atoms with van der Waals surface area (Å²) in [6, 6.07) is 2.05. The molecule has 4 rings (SSSR count). The Morgan fingerprint density at radius 2 is 2.00 bits per heavy atom. The highest BCUT2D eigenvalue weighted by Crippen LogP contribution is 2.40. The smallest absolute Gasteiger partial charge is 0.252 e. The summed E-state index contributed by atoms with van der Waals surface area (Å²) in [7, 11) is 0. The van der Waals surface area contributed by atoms with Crippen molar-refractivity contribution in [1.29, 1.82) is 0 Å². The van der Waals surface area contributed by atoms with Gasteiger partial charge in [-0.1, -0.05) is 0 Å². The molecule has 0 radical (unpaired) electrons. The van der Waals surface area contributed by atoms with Crippen LogP contribution in [0.15, 0.2) is 12.3 Å². The maximum absolute atomic E-state index is 12.8. The molecular weight excluding hydrogens is 330 g/mol. The molecule has 7 nitrogen and oxygen atoms in total. The van der Waals surface area contributed by atoms with Gasteiger partial charge in [-0.2, -0.15) is 5.10 Å². The molecule has 138 valence electrons. The van der Waals surface area contributed by atoms with Crippen LogP contribution in [-0.4, -0.2) is 51.1 Å². The van der Waals surface area contributed by atoms with E-state index in [2.05, 4.69) is 10.4 Å². The van der Waals surface area contributed by atoms with Crippen molar-refractivity contribution in [3.63, 3.8) is 0 Å². The number of carbonyl (C=O) groups excluding carboxylic acids is 2. The third kappa shape index (κ3) is 3.18. The lowest BCUT2D eigenvalue weighted by atomic mass is 10.1. The summed E-state index contributed by atoms with van der Waals surface area (Å²) in [6.45, 7) is 5.72. The van der Waals surface area contributed by atoms with E-state index >= 15 is 0 Å². The summed E-state index contributed by atoms with van der Waals surface area (Å²) in [5.74, 6) is 0.198. The minimum atomic E-state index is -0.227. The molecule has 0 spiro atoms. The predicted molar refractivity (Wildman–Crippen MR) is 98.0 cm³/mol. The van der Waals surface area contributed by atoms with Crippen LogP contribution < -0.4 is 5.32 Å². The van der Waals surface area contributed by atoms with Crippen LogP contribution in [0.3, 0.4) is 0 Å². The Labute approximate surface area is 152 Å². The highest BCUT2D eigenvalue weighted by molar-refractivity contribution is 6.06. The van der Waals surface area contributed by atoms with Gasteiger partial charge in [0.1, 0.15) is 0 Å². The second-order valence-corrected chi connectivity index (χ2v) is 7.56. The summed E-state index contributed by atoms with van der Waals surface area (Å²) in [5.41, 5.74) is 2.27. The summed E-state index contributed by atoms with van der Waals surface area (Å²) in [6.07, 6.45) is 6.02. The van der Waals surface area contributed by atoms with Crippen molar-refractivity contribution in [2.45, 2.75) is 51.5 Å². The molecule has 2 amide bonds. The van der Waals surface area contributed by atoms with E-state index in [1.54, 1.807) is 6.20 Å². The maximum atomic E-state index is 12.8. The number of carbonyl (C=O) groups is 2. The molecule has 26 heavy (non-hydrogen) atoms. The van der Waals surface area contributed by atoms with Crippen LogP contribution in [0.25, 0.3) is 11.0 Å². The van der Waals surface area contributed by atoms with Crippen molar-refractivity contribution in [3.8, 4) is 0 Å². The van der Waals surface area contributed by atoms with Gasteiger partial charge in [0.05, 0.1) is 23.7 Å². The van der Waals surface area contributed by atoms with Crippen molar-refractivity contribution >= 4 is 22.8 Å². The quantitative estimate of drug-likeness (QED) is 0.892. The van der Waals surface area contributed by atoms with E-state index in [4.69, 9.17) is 4.98 Å². The number of fused-ring (bicyclic) bond motifs is 1. The van der Waals surface area contributed by atoms with Crippen LogP contribution in [0.2, 0.25) is 0 Å². The number of hydrogen-bond donors (Lipinski definition) is 1. The topological polar surface area (TPSA) is 80.1 Å². The van der Waals surface area contributed by atoms with Gasteiger partial charge in [0.25, 0.3) is 5.91 Å². The average Bonchev–Trinajstić information content (AvgIpc) is 3.16. The van der Waals surface area contributed by atoms with E-state index in [0.29, 0.717) is 11.5 Å². The molecule has 0 unspecified atom stereocenters. The molecule has 1 N–H and O–H groups in total. The first-order valence-corrected chi connectivity index (χ1v) is 9.48. The zero-order valence-electron chi connectivity index (χ0n) is 15.4. The fourth-order valence-electron chi connectivity index (χ4n) is 3.52. The maximum Gasteiger partial charge on any atom is 0.252 e. The molecule has 2 fully saturated rings. The van der Waals surface area contributed by atoms with Crippen LogP contribution in [-0.2, 0) is 4.79 Å². The summed E-state index contributed by atoms with van der Waals surface area (Å²) in [4.78, 5) is 31.6. The van der Waals surface area contributed by atoms with Crippen molar-refractivity contribution < 1.29 is 9.59 Å². The first-order chi connectivity index (χ1) is 12.5. The molecule has 1 saturated carbocycles. The minimum Gasteiger partial charge on any atom is -0.343 e. The van der Waals surface area contributed by atoms with E-state index in [9.17, 15) is 9.59 Å². The van der Waals surface area contributed by atoms with Gasteiger partial charge in [0, 0.05) is 30.7 Å². The van der Waals surface area contributed by atoms with Crippen molar-refractivity contribution in [1.82, 2.24) is 25.0 Å². The van der Waals surface area contributed by atoms with Gasteiger partial charge in [0.15, 0.2) is 5.65 Å². The Morgan fingerprint density at radius 3 is 2.65 bits per heavy atom. The van der Waals surface area contributed by atoms with Gasteiger partial charge < -0.3 is 10.2 Å². The molecule has 0 bridgehead atoms. The molecule has 0 aromatic carbocycles. The average molecular weight is 355 g/mol. The van der Waals surface area contributed by atoms with E-state index < -0.39 is 0 Å². The Morgan fingerprint density at radius 1 is 1.27 bits per heavy atom. The largest absolute Gasteiger partial charge is 0.343 e. The summed E-state index contributed by atoms with van der Waals surface area (Å²) in [5, 5.41) is 7.96. The molecule has 3 heterocycles. The normalized spacial score (nSPS) is 17.3. The number of pyridine rings is 1. The molecule has 2 aliphatic rings. The van der Waals surface area contributed by atoms with Crippen LogP contribution in [0.4, 0.5) is 0 Å². The van der Waals surface area contributed by atoms with Gasteiger partial charge in [-0.3, -0.25) is 9.59 Å². The SMILES string of the molecule is CC(C)n1ncc2c(C(=O)NCC(=O)N3CCCC3)cc(C3CC3)nc21. The number of aromatic nitrogens is 3. The zero-order valence-corrected chi connectivity index (χ0v) is 15.4. The van der Waals surface area contributed by atoms with E-state index in [1.807, 2.05) is 29.5 Å². The minimum absolute atomic E-state index is 0.0126. The number of likely N-dealkylation sites (tertiary alicyclic amines) is 1. The molecule has 1 aliphatic heterocycles. The van der Waals surface area contributed by atoms with Gasteiger partial charge >= 0.3 is 0 Å². The third-order valence-electron chi connectivity index (χ3n) is 5.17. The summed E-state index contributed by atoms with van der Waals surface area (Å²) >= 11 is 0. The molecule has 1 aliphatic carbocycles. The molecule has 2 aromatic heterocycles. The molecule has 7 heteroatoms. The van der Waals surface area contributed by atoms with E-state index in [-0.39, 0.29) is 24.4 Å². The van der Waals surface area contributed by atoms with Gasteiger partial charge in [-0.15, -0.1) is 0 Å². The lowest BCUT2D eigenvalue weighted by Gasteiger charge is -2.16. The molecular formula is C19H25N5O2. The predicted octanol–water partition coefficient (Wildman–Crippen LogP) is 2.24. The fourth-order valence-corrected chi connectivity index (χ4v) is 3.52. The standard InChI is InChI=1S/C19H25N5O2/c1-12(2)24-18-15(10-21-24)14(9-16(22-18)13-5-6-13)19(26)20-11-17(25)23-7-3-4-8-23/h9-10,12-13H,3-8,11H2,1-2H3,(H,20,26). The number of hydrogen-bond acceptors (Lipinski definition) is 4. The van der Waals surface area contributed by atoms with Gasteiger partial charge in [-0.05, 0) is 45.6 Å². The Bertz CT molecular complexity index is 847. The van der Waals surface area contributed by atoms with Gasteiger partial charge in [0.2, 0.25) is 5.91 Å². The highest BCUT2D eigenvalue weighted by Gasteiger charge is 2.28. The molecule has 0 atom stereocenters. The molecule has 2 aromatic rings. The van der Waals surface area contributed by atoms with E-state index in [0.717, 1.165) is 55.5 Å². The number of nitrogens with zero attached hydrogens (tertiary/aromatic N) is 4. The second-order valence-electron chi connectivity index (χ2n) is 7.56. The molecule has 1 saturated heterocycles. The van der Waals surface area contributed by atoms with Crippen molar-refractivity contribution in [3.05, 3.63) is 23.5 Å². The lowest BCUT2D eigenvalue weighted by Crippen LogP contribution is -2.38. The third-order valence-corrected chi connectivity index (χ3v) is 5.17. The van der Waals surface area contributed by atoms with E-state index in [1.165, 1.54) is 0 Å². The van der Waals surface area contributed by atoms with Gasteiger partial charge in [-0.25, -0.2) is 9.67 Å². The Hall–Kier alpha value is -2.44. The van der Waals surface area contributed by atoms with Crippen LogP contribution in [0, 0.1) is 0 Å². The highest BCUT2D eigenvalue weighted by atomic mass is 16.2. The Kier molecular flexibility index (Phi) is 4.38. The number of nitrogens with one attached hydrogen (secondary N) is 1. The zero-order chi connectivity index (χ0) is 18.3. The lowest BCUT2D eigenvalue weighted by molar-refractivity contribution is -0.129. The first-order valence-electron chi connectivity index (χ1n) is 9.48. The monoisotopic (exact) mass is 355 g/mol. The van der Waals surface area contributed by atoms with Crippen molar-refractivity contribution in [2.75, 3.05) is 19.6 Å². The Balaban J connectivity index is 1.59. The first kappa shape index (κ1) is 17.0. The van der Waals surface area contributed by atoms with Crippen molar-refractivity contribution in [2.24, 2.45) is 0 Å². The van der Waals surface area contributed by atoms with Crippen LogP contribution in [0.5, 0.6) is 0 Å². The van der Waals surface area contributed by atoms with Crippen LogP contribution >= 0.6 is 0 Å². The second kappa shape index (κ2) is 6.70.